The molecule has 0 aromatic heterocycles. The normalized spacial score (nSPS) is 10.9. The van der Waals surface area contributed by atoms with Gasteiger partial charge in [-0.2, -0.15) is 0 Å². The quantitative estimate of drug-likeness (QED) is 0.561. The molecule has 0 bridgehead atoms. The molecule has 0 spiro atoms. The summed E-state index contributed by atoms with van der Waals surface area (Å²) in [7, 11) is 0. The molecule has 102 valence electrons. The van der Waals surface area contributed by atoms with Crippen LogP contribution in [0.1, 0.15) is 26.3 Å². The van der Waals surface area contributed by atoms with Gasteiger partial charge in [0.15, 0.2) is 0 Å². The van der Waals surface area contributed by atoms with Crippen molar-refractivity contribution in [3.63, 3.8) is 0 Å². The zero-order valence-corrected chi connectivity index (χ0v) is 12.3. The number of nitrogens with zero attached hydrogens (tertiary/aromatic N) is 1. The van der Waals surface area contributed by atoms with E-state index in [2.05, 4.69) is 42.6 Å². The molecule has 0 radical (unpaired) electrons. The lowest BCUT2D eigenvalue weighted by molar-refractivity contribution is 0.305. The Hall–Kier alpha value is -0.770. The number of rotatable bonds is 8. The van der Waals surface area contributed by atoms with E-state index in [0.29, 0.717) is 0 Å². The van der Waals surface area contributed by atoms with Crippen LogP contribution in [-0.4, -0.2) is 31.1 Å². The smallest absolute Gasteiger partial charge is 0.0534 e. The van der Waals surface area contributed by atoms with E-state index in [0.717, 1.165) is 43.3 Å². The Morgan fingerprint density at radius 3 is 2.50 bits per heavy atom. The van der Waals surface area contributed by atoms with Crippen LogP contribution in [0.15, 0.2) is 18.2 Å². The minimum absolute atomic E-state index is 0.764. The highest BCUT2D eigenvalue weighted by Crippen LogP contribution is 2.20. The molecule has 0 unspecified atom stereocenters. The Morgan fingerprint density at radius 1 is 1.17 bits per heavy atom. The number of nitrogens with one attached hydrogen (secondary N) is 2. The van der Waals surface area contributed by atoms with E-state index in [9.17, 15) is 0 Å². The summed E-state index contributed by atoms with van der Waals surface area (Å²) in [6.07, 6.45) is 0.997. The fourth-order valence-electron chi connectivity index (χ4n) is 1.88. The van der Waals surface area contributed by atoms with Crippen molar-refractivity contribution in [2.75, 3.05) is 31.6 Å². The number of hydrogen-bond donors (Lipinski definition) is 2. The maximum Gasteiger partial charge on any atom is 0.0534 e. The van der Waals surface area contributed by atoms with Gasteiger partial charge in [0.2, 0.25) is 0 Å². The van der Waals surface area contributed by atoms with E-state index in [1.807, 2.05) is 12.1 Å². The van der Waals surface area contributed by atoms with Crippen LogP contribution in [0.2, 0.25) is 5.02 Å². The second kappa shape index (κ2) is 8.35. The number of anilines is 1. The molecular weight excluding hydrogens is 246 g/mol. The first kappa shape index (κ1) is 15.3. The standard InChI is InChI=1S/C14H24ClN3/c1-4-12-7-8-13(15)11-14(12)17-16-9-10-18(5-2)6-3/h7-8,11,16-17H,4-6,9-10H2,1-3H3. The van der Waals surface area contributed by atoms with E-state index in [-0.39, 0.29) is 0 Å². The predicted molar refractivity (Wildman–Crippen MR) is 80.2 cm³/mol. The summed E-state index contributed by atoms with van der Waals surface area (Å²) in [6, 6.07) is 5.96. The summed E-state index contributed by atoms with van der Waals surface area (Å²) in [5.74, 6) is 0. The van der Waals surface area contributed by atoms with Crippen molar-refractivity contribution in [1.29, 1.82) is 0 Å². The SMILES string of the molecule is CCc1ccc(Cl)cc1NNCCN(CC)CC. The molecule has 1 rings (SSSR count). The molecule has 0 saturated heterocycles. The van der Waals surface area contributed by atoms with Gasteiger partial charge in [-0.05, 0) is 37.2 Å². The molecule has 3 nitrogen and oxygen atoms in total. The fraction of sp³-hybridized carbons (Fsp3) is 0.571. The van der Waals surface area contributed by atoms with Crippen molar-refractivity contribution in [2.24, 2.45) is 0 Å². The number of aryl methyl sites for hydroxylation is 1. The van der Waals surface area contributed by atoms with Gasteiger partial charge in [0.05, 0.1) is 5.69 Å². The van der Waals surface area contributed by atoms with Crippen molar-refractivity contribution in [2.45, 2.75) is 27.2 Å². The highest BCUT2D eigenvalue weighted by molar-refractivity contribution is 6.30. The number of halogens is 1. The topological polar surface area (TPSA) is 27.3 Å². The summed E-state index contributed by atoms with van der Waals surface area (Å²) < 4.78 is 0. The van der Waals surface area contributed by atoms with E-state index in [1.54, 1.807) is 0 Å². The maximum absolute atomic E-state index is 6.01. The fourth-order valence-corrected chi connectivity index (χ4v) is 2.06. The molecule has 1 aromatic carbocycles. The van der Waals surface area contributed by atoms with Crippen molar-refractivity contribution in [3.8, 4) is 0 Å². The summed E-state index contributed by atoms with van der Waals surface area (Å²) in [6.45, 7) is 10.7. The predicted octanol–water partition coefficient (Wildman–Crippen LogP) is 3.16. The van der Waals surface area contributed by atoms with Crippen LogP contribution in [-0.2, 0) is 6.42 Å². The zero-order chi connectivity index (χ0) is 13.4. The number of hydrazine groups is 1. The maximum atomic E-state index is 6.01. The van der Waals surface area contributed by atoms with E-state index < -0.39 is 0 Å². The van der Waals surface area contributed by atoms with E-state index in [1.165, 1.54) is 5.56 Å². The minimum atomic E-state index is 0.764. The van der Waals surface area contributed by atoms with E-state index in [4.69, 9.17) is 11.6 Å². The van der Waals surface area contributed by atoms with Gasteiger partial charge in [0.1, 0.15) is 0 Å². The Balaban J connectivity index is 2.41. The molecule has 0 fully saturated rings. The van der Waals surface area contributed by atoms with Gasteiger partial charge in [-0.15, -0.1) is 0 Å². The molecule has 18 heavy (non-hydrogen) atoms. The first-order chi connectivity index (χ1) is 8.71. The lowest BCUT2D eigenvalue weighted by atomic mass is 10.1. The zero-order valence-electron chi connectivity index (χ0n) is 11.6. The van der Waals surface area contributed by atoms with Crippen LogP contribution >= 0.6 is 11.6 Å². The van der Waals surface area contributed by atoms with Crippen LogP contribution in [0.25, 0.3) is 0 Å². The Bertz CT molecular complexity index is 351. The molecule has 0 aliphatic carbocycles. The molecule has 0 amide bonds. The summed E-state index contributed by atoms with van der Waals surface area (Å²) in [5.41, 5.74) is 8.85. The monoisotopic (exact) mass is 269 g/mol. The Kier molecular flexibility index (Phi) is 7.09. The molecule has 0 aliphatic rings. The third kappa shape index (κ3) is 4.84. The van der Waals surface area contributed by atoms with Crippen LogP contribution in [0.5, 0.6) is 0 Å². The molecule has 1 aromatic rings. The molecule has 0 saturated carbocycles. The van der Waals surface area contributed by atoms with Crippen LogP contribution < -0.4 is 10.9 Å². The van der Waals surface area contributed by atoms with Crippen molar-refractivity contribution < 1.29 is 0 Å². The third-order valence-corrected chi connectivity index (χ3v) is 3.36. The lowest BCUT2D eigenvalue weighted by Gasteiger charge is -2.19. The second-order valence-electron chi connectivity index (χ2n) is 4.23. The molecule has 0 aliphatic heterocycles. The van der Waals surface area contributed by atoms with Crippen LogP contribution in [0.3, 0.4) is 0 Å². The number of benzene rings is 1. The summed E-state index contributed by atoms with van der Waals surface area (Å²) >= 11 is 6.01. The Morgan fingerprint density at radius 2 is 1.89 bits per heavy atom. The molecule has 0 atom stereocenters. The summed E-state index contributed by atoms with van der Waals surface area (Å²) in [5, 5.41) is 0.764. The average molecular weight is 270 g/mol. The first-order valence-electron chi connectivity index (χ1n) is 6.70. The lowest BCUT2D eigenvalue weighted by Crippen LogP contribution is -2.34. The first-order valence-corrected chi connectivity index (χ1v) is 7.08. The summed E-state index contributed by atoms with van der Waals surface area (Å²) in [4.78, 5) is 2.38. The molecule has 0 heterocycles. The second-order valence-corrected chi connectivity index (χ2v) is 4.67. The van der Waals surface area contributed by atoms with E-state index >= 15 is 0 Å². The van der Waals surface area contributed by atoms with Crippen molar-refractivity contribution >= 4 is 17.3 Å². The van der Waals surface area contributed by atoms with Gasteiger partial charge in [0, 0.05) is 18.1 Å². The largest absolute Gasteiger partial charge is 0.321 e. The highest BCUT2D eigenvalue weighted by atomic mass is 35.5. The minimum Gasteiger partial charge on any atom is -0.321 e. The third-order valence-electron chi connectivity index (χ3n) is 3.12. The van der Waals surface area contributed by atoms with Gasteiger partial charge in [0.25, 0.3) is 0 Å². The van der Waals surface area contributed by atoms with Gasteiger partial charge < -0.3 is 10.3 Å². The van der Waals surface area contributed by atoms with Crippen LogP contribution in [0, 0.1) is 0 Å². The van der Waals surface area contributed by atoms with Crippen LogP contribution in [0.4, 0.5) is 5.69 Å². The average Bonchev–Trinajstić information content (AvgIpc) is 2.39. The number of hydrogen-bond acceptors (Lipinski definition) is 3. The highest BCUT2D eigenvalue weighted by Gasteiger charge is 2.02. The van der Waals surface area contributed by atoms with Crippen molar-refractivity contribution in [3.05, 3.63) is 28.8 Å². The van der Waals surface area contributed by atoms with Gasteiger partial charge in [-0.3, -0.25) is 0 Å². The van der Waals surface area contributed by atoms with Gasteiger partial charge in [-0.1, -0.05) is 38.4 Å². The molecular formula is C14H24ClN3. The van der Waals surface area contributed by atoms with Gasteiger partial charge in [-0.25, -0.2) is 5.43 Å². The number of likely N-dealkylation sites (N-methyl/N-ethyl adjacent to an activating group) is 1. The molecule has 4 heteroatoms. The van der Waals surface area contributed by atoms with Crippen molar-refractivity contribution in [1.82, 2.24) is 10.3 Å². The molecule has 2 N–H and O–H groups in total. The van der Waals surface area contributed by atoms with Gasteiger partial charge >= 0.3 is 0 Å². The Labute approximate surface area is 115 Å².